The molecule has 100 valence electrons. The number of hydrogen-bond donors (Lipinski definition) is 1. The van der Waals surface area contributed by atoms with Gasteiger partial charge in [0.25, 0.3) is 0 Å². The molecular formula is C17H21NO. The summed E-state index contributed by atoms with van der Waals surface area (Å²) < 4.78 is 0. The molecular weight excluding hydrogens is 234 g/mol. The first-order valence-electron chi connectivity index (χ1n) is 7.02. The summed E-state index contributed by atoms with van der Waals surface area (Å²) in [5.74, 6) is 0.0649. The highest BCUT2D eigenvalue weighted by Crippen LogP contribution is 2.18. The van der Waals surface area contributed by atoms with Crippen molar-refractivity contribution in [3.8, 4) is 0 Å². The Bertz CT molecular complexity index is 500. The van der Waals surface area contributed by atoms with Crippen LogP contribution in [-0.4, -0.2) is 5.91 Å². The van der Waals surface area contributed by atoms with Crippen LogP contribution in [-0.2, 0) is 11.2 Å². The predicted octanol–water partition coefficient (Wildman–Crippen LogP) is 4.24. The average Bonchev–Trinajstić information content (AvgIpc) is 2.46. The van der Waals surface area contributed by atoms with Gasteiger partial charge in [0.2, 0.25) is 5.91 Å². The maximum atomic E-state index is 11.4. The number of anilines is 1. The molecule has 0 aromatic heterocycles. The van der Waals surface area contributed by atoms with E-state index in [1.165, 1.54) is 24.0 Å². The summed E-state index contributed by atoms with van der Waals surface area (Å²) in [7, 11) is 0. The Labute approximate surface area is 115 Å². The Hall–Kier alpha value is -1.83. The zero-order valence-corrected chi connectivity index (χ0v) is 11.5. The van der Waals surface area contributed by atoms with Crippen molar-refractivity contribution in [2.24, 2.45) is 0 Å². The minimum absolute atomic E-state index is 0.0649. The van der Waals surface area contributed by atoms with Gasteiger partial charge < -0.3 is 5.32 Å². The van der Waals surface area contributed by atoms with E-state index in [0.717, 1.165) is 18.5 Å². The Balaban J connectivity index is 1.93. The third-order valence-electron chi connectivity index (χ3n) is 3.31. The lowest BCUT2D eigenvalue weighted by Gasteiger charge is -2.09. The molecule has 2 heteroatoms. The number of hydrogen-bond acceptors (Lipinski definition) is 1. The summed E-state index contributed by atoms with van der Waals surface area (Å²) in [6.45, 7) is 1.86. The summed E-state index contributed by atoms with van der Waals surface area (Å²) in [4.78, 5) is 11.4. The van der Waals surface area contributed by atoms with Crippen LogP contribution in [0.25, 0.3) is 0 Å². The molecule has 2 rings (SSSR count). The Morgan fingerprint density at radius 2 is 2.16 bits per heavy atom. The number of carbonyl (C=O) groups excluding carboxylic acids is 1. The number of carbonyl (C=O) groups is 1. The minimum atomic E-state index is 0.0649. The predicted molar refractivity (Wildman–Crippen MR) is 80.1 cm³/mol. The van der Waals surface area contributed by atoms with Crippen molar-refractivity contribution in [1.82, 2.24) is 0 Å². The van der Waals surface area contributed by atoms with E-state index in [1.807, 2.05) is 19.1 Å². The van der Waals surface area contributed by atoms with Crippen LogP contribution >= 0.6 is 0 Å². The maximum Gasteiger partial charge on any atom is 0.224 e. The summed E-state index contributed by atoms with van der Waals surface area (Å²) in [5.41, 5.74) is 3.60. The molecule has 2 nitrogen and oxygen atoms in total. The van der Waals surface area contributed by atoms with Gasteiger partial charge in [-0.1, -0.05) is 42.9 Å². The summed E-state index contributed by atoms with van der Waals surface area (Å²) >= 11 is 0. The second kappa shape index (κ2) is 6.93. The second-order valence-electron chi connectivity index (χ2n) is 4.86. The Morgan fingerprint density at radius 3 is 2.89 bits per heavy atom. The van der Waals surface area contributed by atoms with E-state index < -0.39 is 0 Å². The molecule has 0 unspecified atom stereocenters. The summed E-state index contributed by atoms with van der Waals surface area (Å²) in [6.07, 6.45) is 11.7. The molecule has 1 aromatic rings. The van der Waals surface area contributed by atoms with Gasteiger partial charge in [-0.15, -0.1) is 0 Å². The molecule has 0 fully saturated rings. The molecule has 1 aromatic carbocycles. The standard InChI is InChI=1S/C17H21NO/c1-2-17(19)18-16-10-6-9-15(13-16)12-11-14-7-4-3-5-8-14/h4,6-10,13H,2-3,5,11-12H2,1H3,(H,18,19). The van der Waals surface area contributed by atoms with Crippen LogP contribution in [0.3, 0.4) is 0 Å². The molecule has 0 bridgehead atoms. The van der Waals surface area contributed by atoms with Crippen LogP contribution in [0.5, 0.6) is 0 Å². The van der Waals surface area contributed by atoms with Crippen molar-refractivity contribution in [2.75, 3.05) is 5.32 Å². The summed E-state index contributed by atoms with van der Waals surface area (Å²) in [5, 5.41) is 2.90. The number of benzene rings is 1. The molecule has 0 aliphatic heterocycles. The molecule has 19 heavy (non-hydrogen) atoms. The first-order valence-corrected chi connectivity index (χ1v) is 7.02. The Kier molecular flexibility index (Phi) is 4.96. The second-order valence-corrected chi connectivity index (χ2v) is 4.86. The van der Waals surface area contributed by atoms with Crippen LogP contribution in [0.4, 0.5) is 5.69 Å². The van der Waals surface area contributed by atoms with Crippen LogP contribution in [0.1, 0.15) is 38.2 Å². The van der Waals surface area contributed by atoms with Gasteiger partial charge in [-0.05, 0) is 43.4 Å². The van der Waals surface area contributed by atoms with Crippen LogP contribution < -0.4 is 5.32 Å². The molecule has 1 N–H and O–H groups in total. The van der Waals surface area contributed by atoms with E-state index >= 15 is 0 Å². The fraction of sp³-hybridized carbons (Fsp3) is 0.353. The SMILES string of the molecule is CCC(=O)Nc1cccc(CCC2=CCCC=C2)c1. The monoisotopic (exact) mass is 255 g/mol. The van der Waals surface area contributed by atoms with Crippen LogP contribution in [0.15, 0.2) is 48.1 Å². The van der Waals surface area contributed by atoms with E-state index in [0.29, 0.717) is 6.42 Å². The smallest absolute Gasteiger partial charge is 0.224 e. The minimum Gasteiger partial charge on any atom is -0.326 e. The number of nitrogens with one attached hydrogen (secondary N) is 1. The largest absolute Gasteiger partial charge is 0.326 e. The van der Waals surface area contributed by atoms with Gasteiger partial charge in [-0.3, -0.25) is 4.79 Å². The van der Waals surface area contributed by atoms with E-state index in [-0.39, 0.29) is 5.91 Å². The average molecular weight is 255 g/mol. The van der Waals surface area contributed by atoms with E-state index in [2.05, 4.69) is 35.7 Å². The van der Waals surface area contributed by atoms with E-state index in [4.69, 9.17) is 0 Å². The van der Waals surface area contributed by atoms with Gasteiger partial charge in [0.1, 0.15) is 0 Å². The fourth-order valence-corrected chi connectivity index (χ4v) is 2.20. The molecule has 1 aliphatic rings. The van der Waals surface area contributed by atoms with Crippen LogP contribution in [0.2, 0.25) is 0 Å². The highest BCUT2D eigenvalue weighted by Gasteiger charge is 2.02. The highest BCUT2D eigenvalue weighted by atomic mass is 16.1. The third kappa shape index (κ3) is 4.40. The van der Waals surface area contributed by atoms with Gasteiger partial charge >= 0.3 is 0 Å². The normalized spacial score (nSPS) is 14.1. The fourth-order valence-electron chi connectivity index (χ4n) is 2.20. The maximum absolute atomic E-state index is 11.4. The lowest BCUT2D eigenvalue weighted by molar-refractivity contribution is -0.115. The lowest BCUT2D eigenvalue weighted by Crippen LogP contribution is -2.09. The van der Waals surface area contributed by atoms with Gasteiger partial charge in [-0.2, -0.15) is 0 Å². The summed E-state index contributed by atoms with van der Waals surface area (Å²) in [6, 6.07) is 8.14. The molecule has 1 amide bonds. The van der Waals surface area contributed by atoms with Crippen molar-refractivity contribution >= 4 is 11.6 Å². The third-order valence-corrected chi connectivity index (χ3v) is 3.31. The number of allylic oxidation sites excluding steroid dienone is 4. The molecule has 0 atom stereocenters. The highest BCUT2D eigenvalue weighted by molar-refractivity contribution is 5.90. The van der Waals surface area contributed by atoms with Gasteiger partial charge in [0, 0.05) is 12.1 Å². The number of rotatable bonds is 5. The van der Waals surface area contributed by atoms with Crippen molar-refractivity contribution in [1.29, 1.82) is 0 Å². The number of aryl methyl sites for hydroxylation is 1. The van der Waals surface area contributed by atoms with Crippen molar-refractivity contribution in [3.63, 3.8) is 0 Å². The van der Waals surface area contributed by atoms with E-state index in [9.17, 15) is 4.79 Å². The zero-order valence-electron chi connectivity index (χ0n) is 11.5. The Morgan fingerprint density at radius 1 is 1.26 bits per heavy atom. The van der Waals surface area contributed by atoms with E-state index in [1.54, 1.807) is 0 Å². The van der Waals surface area contributed by atoms with Gasteiger partial charge in [0.15, 0.2) is 0 Å². The molecule has 0 spiro atoms. The number of amides is 1. The van der Waals surface area contributed by atoms with Crippen molar-refractivity contribution in [3.05, 3.63) is 53.6 Å². The molecule has 0 saturated heterocycles. The molecule has 0 heterocycles. The molecule has 1 aliphatic carbocycles. The molecule has 0 radical (unpaired) electrons. The first kappa shape index (κ1) is 13.6. The topological polar surface area (TPSA) is 29.1 Å². The first-order chi connectivity index (χ1) is 9.28. The van der Waals surface area contributed by atoms with Gasteiger partial charge in [-0.25, -0.2) is 0 Å². The van der Waals surface area contributed by atoms with Crippen LogP contribution in [0, 0.1) is 0 Å². The van der Waals surface area contributed by atoms with Crippen molar-refractivity contribution in [2.45, 2.75) is 39.0 Å². The lowest BCUT2D eigenvalue weighted by atomic mass is 9.99. The zero-order chi connectivity index (χ0) is 13.5. The van der Waals surface area contributed by atoms with Gasteiger partial charge in [0.05, 0.1) is 0 Å². The van der Waals surface area contributed by atoms with Crippen molar-refractivity contribution < 1.29 is 4.79 Å². The molecule has 0 saturated carbocycles. The quantitative estimate of drug-likeness (QED) is 0.837.